The zero-order valence-electron chi connectivity index (χ0n) is 13.1. The first-order valence-corrected chi connectivity index (χ1v) is 7.85. The van der Waals surface area contributed by atoms with Crippen LogP contribution in [0.4, 0.5) is 5.69 Å². The molecule has 0 spiro atoms. The Hall–Kier alpha value is -1.62. The SMILES string of the molecule is CC.O=[N+]([O-])c1ccc(OCCCN2CCCCC2)cc1. The summed E-state index contributed by atoms with van der Waals surface area (Å²) < 4.78 is 5.58. The van der Waals surface area contributed by atoms with Gasteiger partial charge < -0.3 is 9.64 Å². The first kappa shape index (κ1) is 17.4. The van der Waals surface area contributed by atoms with E-state index in [-0.39, 0.29) is 5.69 Å². The van der Waals surface area contributed by atoms with Gasteiger partial charge in [-0.25, -0.2) is 0 Å². The fourth-order valence-electron chi connectivity index (χ4n) is 2.33. The van der Waals surface area contributed by atoms with Crippen LogP contribution in [0.25, 0.3) is 0 Å². The van der Waals surface area contributed by atoms with Gasteiger partial charge >= 0.3 is 0 Å². The zero-order chi connectivity index (χ0) is 15.5. The van der Waals surface area contributed by atoms with Gasteiger partial charge in [0, 0.05) is 18.7 Å². The van der Waals surface area contributed by atoms with Gasteiger partial charge in [-0.1, -0.05) is 20.3 Å². The topological polar surface area (TPSA) is 55.6 Å². The van der Waals surface area contributed by atoms with E-state index in [0.717, 1.165) is 13.0 Å². The van der Waals surface area contributed by atoms with Crippen LogP contribution in [0.15, 0.2) is 24.3 Å². The van der Waals surface area contributed by atoms with Gasteiger partial charge in [0.2, 0.25) is 0 Å². The molecule has 21 heavy (non-hydrogen) atoms. The maximum Gasteiger partial charge on any atom is 0.269 e. The van der Waals surface area contributed by atoms with E-state index in [1.807, 2.05) is 13.8 Å². The van der Waals surface area contributed by atoms with E-state index >= 15 is 0 Å². The van der Waals surface area contributed by atoms with Crippen LogP contribution < -0.4 is 4.74 Å². The molecular formula is C16H26N2O3. The first-order valence-electron chi connectivity index (χ1n) is 7.85. The molecule has 1 aliphatic heterocycles. The molecular weight excluding hydrogens is 268 g/mol. The molecule has 118 valence electrons. The fraction of sp³-hybridized carbons (Fsp3) is 0.625. The highest BCUT2D eigenvalue weighted by atomic mass is 16.6. The second-order valence-corrected chi connectivity index (χ2v) is 4.86. The van der Waals surface area contributed by atoms with E-state index in [2.05, 4.69) is 4.90 Å². The molecule has 0 saturated carbocycles. The van der Waals surface area contributed by atoms with Crippen LogP contribution >= 0.6 is 0 Å². The Balaban J connectivity index is 0.00000106. The van der Waals surface area contributed by atoms with Crippen molar-refractivity contribution in [3.05, 3.63) is 34.4 Å². The first-order chi connectivity index (χ1) is 10.3. The van der Waals surface area contributed by atoms with E-state index in [4.69, 9.17) is 4.74 Å². The van der Waals surface area contributed by atoms with Crippen molar-refractivity contribution in [3.63, 3.8) is 0 Å². The Morgan fingerprint density at radius 3 is 2.33 bits per heavy atom. The summed E-state index contributed by atoms with van der Waals surface area (Å²) in [6, 6.07) is 6.25. The molecule has 1 fully saturated rings. The number of hydrogen-bond acceptors (Lipinski definition) is 4. The molecule has 5 heteroatoms. The van der Waals surface area contributed by atoms with Crippen molar-refractivity contribution >= 4 is 5.69 Å². The molecule has 0 aromatic heterocycles. The maximum absolute atomic E-state index is 10.5. The lowest BCUT2D eigenvalue weighted by molar-refractivity contribution is -0.384. The molecule has 0 bridgehead atoms. The lowest BCUT2D eigenvalue weighted by Crippen LogP contribution is -2.31. The van der Waals surface area contributed by atoms with Crippen molar-refractivity contribution in [1.29, 1.82) is 0 Å². The van der Waals surface area contributed by atoms with Gasteiger partial charge in [0.1, 0.15) is 5.75 Å². The summed E-state index contributed by atoms with van der Waals surface area (Å²) in [6.07, 6.45) is 4.97. The molecule has 1 saturated heterocycles. The Bertz CT molecular complexity index is 400. The second-order valence-electron chi connectivity index (χ2n) is 4.86. The molecule has 1 aromatic carbocycles. The van der Waals surface area contributed by atoms with Crippen LogP contribution in [0, 0.1) is 10.1 Å². The van der Waals surface area contributed by atoms with Crippen molar-refractivity contribution in [2.24, 2.45) is 0 Å². The van der Waals surface area contributed by atoms with Crippen LogP contribution in [0.2, 0.25) is 0 Å². The van der Waals surface area contributed by atoms with Crippen molar-refractivity contribution in [3.8, 4) is 5.75 Å². The van der Waals surface area contributed by atoms with Crippen molar-refractivity contribution in [2.45, 2.75) is 39.5 Å². The minimum Gasteiger partial charge on any atom is -0.494 e. The van der Waals surface area contributed by atoms with Gasteiger partial charge in [-0.2, -0.15) is 0 Å². The number of piperidine rings is 1. The second kappa shape index (κ2) is 10.2. The third-order valence-electron chi connectivity index (χ3n) is 3.38. The Morgan fingerprint density at radius 2 is 1.76 bits per heavy atom. The zero-order valence-corrected chi connectivity index (χ0v) is 13.1. The lowest BCUT2D eigenvalue weighted by atomic mass is 10.1. The molecule has 1 aliphatic rings. The van der Waals surface area contributed by atoms with E-state index in [1.165, 1.54) is 44.5 Å². The van der Waals surface area contributed by atoms with Crippen LogP contribution in [-0.4, -0.2) is 36.1 Å². The average molecular weight is 294 g/mol. The van der Waals surface area contributed by atoms with Gasteiger partial charge in [-0.15, -0.1) is 0 Å². The van der Waals surface area contributed by atoms with Gasteiger partial charge in [0.15, 0.2) is 0 Å². The fourth-order valence-corrected chi connectivity index (χ4v) is 2.33. The van der Waals surface area contributed by atoms with Gasteiger partial charge in [-0.05, 0) is 44.5 Å². The summed E-state index contributed by atoms with van der Waals surface area (Å²) in [4.78, 5) is 12.6. The number of nitro groups is 1. The molecule has 0 atom stereocenters. The number of non-ortho nitro benzene ring substituents is 1. The number of rotatable bonds is 6. The highest BCUT2D eigenvalue weighted by Gasteiger charge is 2.09. The number of nitro benzene ring substituents is 1. The number of nitrogens with zero attached hydrogens (tertiary/aromatic N) is 2. The lowest BCUT2D eigenvalue weighted by Gasteiger charge is -2.26. The predicted molar refractivity (Wildman–Crippen MR) is 84.8 cm³/mol. The maximum atomic E-state index is 10.5. The summed E-state index contributed by atoms with van der Waals surface area (Å²) in [7, 11) is 0. The van der Waals surface area contributed by atoms with Crippen LogP contribution in [0.5, 0.6) is 5.75 Å². The molecule has 2 rings (SSSR count). The predicted octanol–water partition coefficient (Wildman–Crippen LogP) is 3.88. The number of hydrogen-bond donors (Lipinski definition) is 0. The van der Waals surface area contributed by atoms with Crippen molar-refractivity contribution in [1.82, 2.24) is 4.90 Å². The highest BCUT2D eigenvalue weighted by Crippen LogP contribution is 2.17. The van der Waals surface area contributed by atoms with Crippen molar-refractivity contribution in [2.75, 3.05) is 26.2 Å². The van der Waals surface area contributed by atoms with E-state index in [1.54, 1.807) is 12.1 Å². The molecule has 0 amide bonds. The molecule has 1 aromatic rings. The van der Waals surface area contributed by atoms with Crippen LogP contribution in [0.1, 0.15) is 39.5 Å². The van der Waals surface area contributed by atoms with E-state index in [9.17, 15) is 10.1 Å². The molecule has 1 heterocycles. The monoisotopic (exact) mass is 294 g/mol. The summed E-state index contributed by atoms with van der Waals surface area (Å²) in [5.74, 6) is 0.698. The Kier molecular flexibility index (Phi) is 8.43. The highest BCUT2D eigenvalue weighted by molar-refractivity contribution is 5.35. The summed E-state index contributed by atoms with van der Waals surface area (Å²) in [5.41, 5.74) is 0.0978. The third kappa shape index (κ3) is 6.58. The van der Waals surface area contributed by atoms with Crippen LogP contribution in [0.3, 0.4) is 0 Å². The average Bonchev–Trinajstić information content (AvgIpc) is 2.55. The van der Waals surface area contributed by atoms with E-state index < -0.39 is 4.92 Å². The quantitative estimate of drug-likeness (QED) is 0.454. The third-order valence-corrected chi connectivity index (χ3v) is 3.38. The standard InChI is InChI=1S/C14H20N2O3.C2H6/c17-16(18)13-5-7-14(8-6-13)19-12-4-11-15-9-2-1-3-10-15;1-2/h5-8H,1-4,9-12H2;1-2H3. The molecule has 5 nitrogen and oxygen atoms in total. The van der Waals surface area contributed by atoms with Gasteiger partial charge in [-0.3, -0.25) is 10.1 Å². The summed E-state index contributed by atoms with van der Waals surface area (Å²) >= 11 is 0. The molecule has 0 unspecified atom stereocenters. The van der Waals surface area contributed by atoms with Gasteiger partial charge in [0.05, 0.1) is 11.5 Å². The number of benzene rings is 1. The molecule has 0 N–H and O–H groups in total. The normalized spacial score (nSPS) is 15.0. The summed E-state index contributed by atoms with van der Waals surface area (Å²) in [6.45, 7) is 8.15. The minimum absolute atomic E-state index is 0.0978. The largest absolute Gasteiger partial charge is 0.494 e. The number of likely N-dealkylation sites (tertiary alicyclic amines) is 1. The summed E-state index contributed by atoms with van der Waals surface area (Å²) in [5, 5.41) is 10.5. The Labute approximate surface area is 127 Å². The van der Waals surface area contributed by atoms with Crippen molar-refractivity contribution < 1.29 is 9.66 Å². The van der Waals surface area contributed by atoms with Crippen LogP contribution in [-0.2, 0) is 0 Å². The van der Waals surface area contributed by atoms with E-state index in [0.29, 0.717) is 12.4 Å². The minimum atomic E-state index is -0.403. The molecule has 0 aliphatic carbocycles. The Morgan fingerprint density at radius 1 is 1.14 bits per heavy atom. The number of ether oxygens (including phenoxy) is 1. The van der Waals surface area contributed by atoms with Gasteiger partial charge in [0.25, 0.3) is 5.69 Å². The smallest absolute Gasteiger partial charge is 0.269 e. The molecule has 0 radical (unpaired) electrons.